The van der Waals surface area contributed by atoms with E-state index < -0.39 is 28.5 Å². The molecule has 1 fully saturated rings. The molecule has 42 heavy (non-hydrogen) atoms. The number of sulfonamides is 1. The van der Waals surface area contributed by atoms with Crippen LogP contribution in [0.4, 0.5) is 5.69 Å². The smallest absolute Gasteiger partial charge is 0.264 e. The van der Waals surface area contributed by atoms with Crippen molar-refractivity contribution in [3.63, 3.8) is 0 Å². The average molecular weight is 633 g/mol. The van der Waals surface area contributed by atoms with Crippen molar-refractivity contribution in [2.75, 3.05) is 18.0 Å². The Kier molecular flexibility index (Phi) is 10.8. The molecule has 1 saturated carbocycles. The van der Waals surface area contributed by atoms with E-state index in [0.29, 0.717) is 21.4 Å². The van der Waals surface area contributed by atoms with E-state index in [-0.39, 0.29) is 29.1 Å². The number of amides is 2. The Balaban J connectivity index is 1.68. The fraction of sp³-hybridized carbons (Fsp3) is 0.355. The van der Waals surface area contributed by atoms with Gasteiger partial charge in [-0.1, -0.05) is 60.7 Å². The molecule has 1 aliphatic carbocycles. The van der Waals surface area contributed by atoms with Crippen LogP contribution in [0.5, 0.6) is 5.75 Å². The lowest BCUT2D eigenvalue weighted by molar-refractivity contribution is -0.139. The lowest BCUT2D eigenvalue weighted by Crippen LogP contribution is -2.53. The summed E-state index contributed by atoms with van der Waals surface area (Å²) in [5.41, 5.74) is 0.925. The number of ether oxygens (including phenoxy) is 1. The quantitative estimate of drug-likeness (QED) is 0.277. The second-order valence-corrected chi connectivity index (χ2v) is 13.1. The molecule has 0 unspecified atom stereocenters. The minimum Gasteiger partial charge on any atom is -0.497 e. The predicted molar refractivity (Wildman–Crippen MR) is 165 cm³/mol. The third-order valence-electron chi connectivity index (χ3n) is 7.38. The van der Waals surface area contributed by atoms with E-state index in [2.05, 4.69) is 5.32 Å². The third kappa shape index (κ3) is 7.96. The molecule has 0 saturated heterocycles. The highest BCUT2D eigenvalue weighted by Gasteiger charge is 2.33. The summed E-state index contributed by atoms with van der Waals surface area (Å²) in [5, 5.41) is 3.89. The van der Waals surface area contributed by atoms with E-state index >= 15 is 0 Å². The van der Waals surface area contributed by atoms with Crippen LogP contribution in [0.1, 0.15) is 44.6 Å². The molecule has 1 aliphatic rings. The second kappa shape index (κ2) is 14.3. The monoisotopic (exact) mass is 631 g/mol. The van der Waals surface area contributed by atoms with Gasteiger partial charge in [-0.15, -0.1) is 0 Å². The van der Waals surface area contributed by atoms with Crippen LogP contribution >= 0.6 is 23.2 Å². The van der Waals surface area contributed by atoms with E-state index in [1.54, 1.807) is 49.4 Å². The zero-order valence-electron chi connectivity index (χ0n) is 23.6. The van der Waals surface area contributed by atoms with Gasteiger partial charge in [0.15, 0.2) is 0 Å². The standard InChI is InChI=1S/C31H35Cl2N3O5S/c1-22(31(38)34-26-11-4-3-5-12-26)35(20-23-8-6-9-24(32)18-23)30(37)21-36(27-13-7-10-25(33)19-27)42(39,40)29-16-14-28(41-2)15-17-29/h6-10,13-19,22,26H,3-5,11-12,20-21H2,1-2H3,(H,34,38)/t22-/m0/s1. The second-order valence-electron chi connectivity index (χ2n) is 10.3. The van der Waals surface area contributed by atoms with E-state index in [0.717, 1.165) is 36.4 Å². The first kappa shape index (κ1) is 31.7. The number of nitrogens with one attached hydrogen (secondary N) is 1. The number of hydrogen-bond acceptors (Lipinski definition) is 5. The summed E-state index contributed by atoms with van der Waals surface area (Å²) in [5.74, 6) is -0.354. The van der Waals surface area contributed by atoms with Gasteiger partial charge in [0.05, 0.1) is 17.7 Å². The first-order chi connectivity index (χ1) is 20.1. The maximum absolute atomic E-state index is 14.1. The largest absolute Gasteiger partial charge is 0.497 e. The fourth-order valence-corrected chi connectivity index (χ4v) is 6.82. The van der Waals surface area contributed by atoms with Crippen molar-refractivity contribution < 1.29 is 22.7 Å². The molecular weight excluding hydrogens is 597 g/mol. The Morgan fingerprint density at radius 2 is 1.60 bits per heavy atom. The van der Waals surface area contributed by atoms with E-state index in [9.17, 15) is 18.0 Å². The van der Waals surface area contributed by atoms with Gasteiger partial charge in [-0.3, -0.25) is 13.9 Å². The molecule has 1 N–H and O–H groups in total. The number of carbonyl (C=O) groups excluding carboxylic acids is 2. The molecule has 8 nitrogen and oxygen atoms in total. The van der Waals surface area contributed by atoms with E-state index in [4.69, 9.17) is 27.9 Å². The fourth-order valence-electron chi connectivity index (χ4n) is 5.02. The average Bonchev–Trinajstić information content (AvgIpc) is 2.98. The molecule has 4 rings (SSSR count). The van der Waals surface area contributed by atoms with Gasteiger partial charge in [-0.05, 0) is 79.9 Å². The van der Waals surface area contributed by atoms with E-state index in [1.807, 2.05) is 0 Å². The minimum atomic E-state index is -4.22. The lowest BCUT2D eigenvalue weighted by atomic mass is 9.95. The molecule has 1 atom stereocenters. The van der Waals surface area contributed by atoms with Gasteiger partial charge in [-0.25, -0.2) is 8.42 Å². The number of hydrogen-bond donors (Lipinski definition) is 1. The van der Waals surface area contributed by atoms with E-state index in [1.165, 1.54) is 42.3 Å². The molecule has 0 aromatic heterocycles. The number of halogens is 2. The number of rotatable bonds is 11. The van der Waals surface area contributed by atoms with Gasteiger partial charge < -0.3 is 15.0 Å². The highest BCUT2D eigenvalue weighted by atomic mass is 35.5. The van der Waals surface area contributed by atoms with Crippen molar-refractivity contribution in [3.05, 3.63) is 88.4 Å². The summed E-state index contributed by atoms with van der Waals surface area (Å²) < 4.78 is 34.1. The summed E-state index contributed by atoms with van der Waals surface area (Å²) in [6.07, 6.45) is 5.01. The Bertz CT molecular complexity index is 1490. The topological polar surface area (TPSA) is 96.0 Å². The highest BCUT2D eigenvalue weighted by Crippen LogP contribution is 2.28. The number of anilines is 1. The Hall–Kier alpha value is -3.27. The van der Waals surface area contributed by atoms with Crippen LogP contribution in [0.15, 0.2) is 77.7 Å². The lowest BCUT2D eigenvalue weighted by Gasteiger charge is -2.33. The van der Waals surface area contributed by atoms with Crippen LogP contribution in [-0.2, 0) is 26.2 Å². The van der Waals surface area contributed by atoms with Crippen molar-refractivity contribution in [2.24, 2.45) is 0 Å². The van der Waals surface area contributed by atoms with Crippen LogP contribution < -0.4 is 14.4 Å². The molecule has 0 heterocycles. The number of nitrogens with zero attached hydrogens (tertiary/aromatic N) is 2. The first-order valence-corrected chi connectivity index (χ1v) is 16.0. The summed E-state index contributed by atoms with van der Waals surface area (Å²) in [6, 6.07) is 18.4. The molecule has 0 aliphatic heterocycles. The molecule has 11 heteroatoms. The molecule has 0 bridgehead atoms. The van der Waals surface area contributed by atoms with Crippen molar-refractivity contribution >= 4 is 50.7 Å². The van der Waals surface area contributed by atoms with Crippen LogP contribution in [-0.4, -0.2) is 50.9 Å². The molecule has 0 radical (unpaired) electrons. The van der Waals surface area contributed by atoms with Crippen LogP contribution in [0.25, 0.3) is 0 Å². The normalized spacial score (nSPS) is 14.6. The van der Waals surface area contributed by atoms with Crippen molar-refractivity contribution in [2.45, 2.75) is 62.6 Å². The van der Waals surface area contributed by atoms with Gasteiger partial charge in [-0.2, -0.15) is 0 Å². The highest BCUT2D eigenvalue weighted by molar-refractivity contribution is 7.92. The van der Waals surface area contributed by atoms with Crippen LogP contribution in [0, 0.1) is 0 Å². The zero-order valence-corrected chi connectivity index (χ0v) is 26.0. The van der Waals surface area contributed by atoms with Crippen molar-refractivity contribution in [3.8, 4) is 5.75 Å². The predicted octanol–water partition coefficient (Wildman–Crippen LogP) is 6.06. The third-order valence-corrected chi connectivity index (χ3v) is 9.64. The van der Waals surface area contributed by atoms with Crippen molar-refractivity contribution in [1.29, 1.82) is 0 Å². The summed E-state index contributed by atoms with van der Waals surface area (Å²) >= 11 is 12.4. The zero-order chi connectivity index (χ0) is 30.3. The molecule has 3 aromatic carbocycles. The number of methoxy groups -OCH3 is 1. The van der Waals surface area contributed by atoms with Gasteiger partial charge in [0.1, 0.15) is 18.3 Å². The first-order valence-electron chi connectivity index (χ1n) is 13.8. The van der Waals surface area contributed by atoms with Crippen molar-refractivity contribution in [1.82, 2.24) is 10.2 Å². The molecule has 224 valence electrons. The van der Waals surface area contributed by atoms with Crippen LogP contribution in [0.3, 0.4) is 0 Å². The summed E-state index contributed by atoms with van der Waals surface area (Å²) in [4.78, 5) is 28.8. The SMILES string of the molecule is COc1ccc(S(=O)(=O)N(CC(=O)N(Cc2cccc(Cl)c2)[C@@H](C)C(=O)NC2CCCCC2)c2cccc(Cl)c2)cc1. The molecular formula is C31H35Cl2N3O5S. The number of carbonyl (C=O) groups is 2. The Labute approximate surface area is 257 Å². The summed E-state index contributed by atoms with van der Waals surface area (Å²) in [6.45, 7) is 1.16. The Morgan fingerprint density at radius 1 is 0.952 bits per heavy atom. The van der Waals surface area contributed by atoms with Gasteiger partial charge in [0.25, 0.3) is 10.0 Å². The molecule has 0 spiro atoms. The van der Waals surface area contributed by atoms with Gasteiger partial charge >= 0.3 is 0 Å². The number of benzene rings is 3. The Morgan fingerprint density at radius 3 is 2.21 bits per heavy atom. The van der Waals surface area contributed by atoms with Crippen LogP contribution in [0.2, 0.25) is 10.0 Å². The maximum atomic E-state index is 14.1. The molecule has 2 amide bonds. The minimum absolute atomic E-state index is 0.0273. The maximum Gasteiger partial charge on any atom is 0.264 e. The molecule has 3 aromatic rings. The van der Waals surface area contributed by atoms with Gasteiger partial charge in [0.2, 0.25) is 11.8 Å². The summed E-state index contributed by atoms with van der Waals surface area (Å²) in [7, 11) is -2.74. The van der Waals surface area contributed by atoms with Gasteiger partial charge in [0, 0.05) is 22.6 Å².